The highest BCUT2D eigenvalue weighted by molar-refractivity contribution is 5.78. The molecule has 0 saturated carbocycles. The molecule has 0 N–H and O–H groups in total. The molecule has 0 aliphatic heterocycles. The lowest BCUT2D eigenvalue weighted by atomic mass is 9.91. The van der Waals surface area contributed by atoms with E-state index in [-0.39, 0.29) is 0 Å². The molecule has 0 spiro atoms. The Hall–Kier alpha value is -3.20. The number of anilines is 1. The van der Waals surface area contributed by atoms with Crippen LogP contribution in [0.15, 0.2) is 66.2 Å². The van der Waals surface area contributed by atoms with E-state index in [4.69, 9.17) is 9.47 Å². The highest BCUT2D eigenvalue weighted by atomic mass is 16.5. The monoisotopic (exact) mass is 415 g/mol. The van der Waals surface area contributed by atoms with Crippen molar-refractivity contribution in [2.75, 3.05) is 32.7 Å². The summed E-state index contributed by atoms with van der Waals surface area (Å²) in [6, 6.07) is 19.4. The largest absolute Gasteiger partial charge is 0.493 e. The zero-order valence-electron chi connectivity index (χ0n) is 19.7. The SMILES string of the molecule is COc1cc(-c2cc(C)c(-c3ccc(N(C)C)cc3)cc2C)ccc1OCC=C(C)C. The Labute approximate surface area is 186 Å². The molecular formula is C28H33NO2. The maximum absolute atomic E-state index is 5.88. The number of aryl methyl sites for hydroxylation is 2. The van der Waals surface area contributed by atoms with Gasteiger partial charge in [0.1, 0.15) is 6.61 Å². The van der Waals surface area contributed by atoms with E-state index in [1.165, 1.54) is 39.1 Å². The van der Waals surface area contributed by atoms with Crippen molar-refractivity contribution >= 4 is 5.69 Å². The van der Waals surface area contributed by atoms with E-state index in [0.29, 0.717) is 6.61 Å². The lowest BCUT2D eigenvalue weighted by Crippen LogP contribution is -2.07. The minimum Gasteiger partial charge on any atom is -0.493 e. The number of hydrogen-bond acceptors (Lipinski definition) is 3. The molecule has 3 nitrogen and oxygen atoms in total. The van der Waals surface area contributed by atoms with Crippen molar-refractivity contribution in [3.8, 4) is 33.8 Å². The quantitative estimate of drug-likeness (QED) is 0.386. The number of benzene rings is 3. The molecule has 0 atom stereocenters. The lowest BCUT2D eigenvalue weighted by Gasteiger charge is -2.16. The summed E-state index contributed by atoms with van der Waals surface area (Å²) in [6.07, 6.45) is 2.06. The van der Waals surface area contributed by atoms with E-state index in [0.717, 1.165) is 17.1 Å². The zero-order chi connectivity index (χ0) is 22.5. The van der Waals surface area contributed by atoms with E-state index in [2.05, 4.69) is 101 Å². The molecule has 0 bridgehead atoms. The molecule has 3 aromatic rings. The van der Waals surface area contributed by atoms with Crippen LogP contribution in [0, 0.1) is 13.8 Å². The molecule has 0 radical (unpaired) electrons. The van der Waals surface area contributed by atoms with Gasteiger partial charge in [-0.1, -0.05) is 35.9 Å². The van der Waals surface area contributed by atoms with Gasteiger partial charge in [0.2, 0.25) is 0 Å². The summed E-state index contributed by atoms with van der Waals surface area (Å²) >= 11 is 0. The number of methoxy groups -OCH3 is 1. The summed E-state index contributed by atoms with van der Waals surface area (Å²) in [5.74, 6) is 1.51. The predicted molar refractivity (Wildman–Crippen MR) is 133 cm³/mol. The van der Waals surface area contributed by atoms with Crippen LogP contribution in [0.4, 0.5) is 5.69 Å². The van der Waals surface area contributed by atoms with Crippen molar-refractivity contribution in [3.05, 3.63) is 77.4 Å². The molecule has 0 saturated heterocycles. The maximum atomic E-state index is 5.88. The third-order valence-electron chi connectivity index (χ3n) is 5.47. The van der Waals surface area contributed by atoms with Gasteiger partial charge in [0.05, 0.1) is 7.11 Å². The fourth-order valence-corrected chi connectivity index (χ4v) is 3.63. The molecule has 0 heterocycles. The van der Waals surface area contributed by atoms with Gasteiger partial charge in [-0.3, -0.25) is 0 Å². The summed E-state index contributed by atoms with van der Waals surface area (Å²) in [6.45, 7) is 9.01. The Kier molecular flexibility index (Phi) is 7.06. The number of rotatable bonds is 7. The normalized spacial score (nSPS) is 10.5. The highest BCUT2D eigenvalue weighted by Crippen LogP contribution is 2.36. The molecule has 0 amide bonds. The molecule has 0 fully saturated rings. The number of hydrogen-bond donors (Lipinski definition) is 0. The number of allylic oxidation sites excluding steroid dienone is 1. The van der Waals surface area contributed by atoms with Crippen molar-refractivity contribution in [2.24, 2.45) is 0 Å². The van der Waals surface area contributed by atoms with Crippen LogP contribution in [-0.2, 0) is 0 Å². The van der Waals surface area contributed by atoms with Crippen molar-refractivity contribution < 1.29 is 9.47 Å². The Balaban J connectivity index is 1.93. The third-order valence-corrected chi connectivity index (χ3v) is 5.47. The molecule has 0 aromatic heterocycles. The number of nitrogens with zero attached hydrogens (tertiary/aromatic N) is 1. The van der Waals surface area contributed by atoms with Gasteiger partial charge in [-0.05, 0) is 91.4 Å². The second-order valence-corrected chi connectivity index (χ2v) is 8.38. The van der Waals surface area contributed by atoms with Gasteiger partial charge >= 0.3 is 0 Å². The van der Waals surface area contributed by atoms with Crippen LogP contribution in [0.25, 0.3) is 22.3 Å². The Morgan fingerprint density at radius 3 is 1.94 bits per heavy atom. The second-order valence-electron chi connectivity index (χ2n) is 8.38. The molecule has 0 aliphatic carbocycles. The molecule has 0 aliphatic rings. The van der Waals surface area contributed by atoms with Gasteiger partial charge in [0.15, 0.2) is 11.5 Å². The molecule has 162 valence electrons. The van der Waals surface area contributed by atoms with E-state index >= 15 is 0 Å². The van der Waals surface area contributed by atoms with Gasteiger partial charge in [0, 0.05) is 19.8 Å². The topological polar surface area (TPSA) is 21.7 Å². The molecule has 0 unspecified atom stereocenters. The molecule has 31 heavy (non-hydrogen) atoms. The van der Waals surface area contributed by atoms with Gasteiger partial charge in [0.25, 0.3) is 0 Å². The standard InChI is InChI=1S/C28H33NO2/c1-19(2)14-15-31-27-13-10-23(18-28(27)30-7)26-17-20(3)25(16-21(26)4)22-8-11-24(12-9-22)29(5)6/h8-14,16-18H,15H2,1-7H3. The van der Waals surface area contributed by atoms with Crippen LogP contribution in [0.5, 0.6) is 11.5 Å². The first-order valence-corrected chi connectivity index (χ1v) is 10.6. The van der Waals surface area contributed by atoms with Crippen LogP contribution in [0.2, 0.25) is 0 Å². The van der Waals surface area contributed by atoms with Crippen molar-refractivity contribution in [1.82, 2.24) is 0 Å². The Morgan fingerprint density at radius 2 is 1.39 bits per heavy atom. The smallest absolute Gasteiger partial charge is 0.161 e. The Morgan fingerprint density at radius 1 is 0.806 bits per heavy atom. The van der Waals surface area contributed by atoms with Gasteiger partial charge in [-0.25, -0.2) is 0 Å². The fourth-order valence-electron chi connectivity index (χ4n) is 3.63. The van der Waals surface area contributed by atoms with Crippen molar-refractivity contribution in [3.63, 3.8) is 0 Å². The average molecular weight is 416 g/mol. The van der Waals surface area contributed by atoms with E-state index in [1.54, 1.807) is 7.11 Å². The lowest BCUT2D eigenvalue weighted by molar-refractivity contribution is 0.326. The fraction of sp³-hybridized carbons (Fsp3) is 0.286. The minimum atomic E-state index is 0.539. The highest BCUT2D eigenvalue weighted by Gasteiger charge is 2.12. The maximum Gasteiger partial charge on any atom is 0.161 e. The van der Waals surface area contributed by atoms with E-state index in [1.807, 2.05) is 6.07 Å². The zero-order valence-corrected chi connectivity index (χ0v) is 19.7. The average Bonchev–Trinajstić information content (AvgIpc) is 2.75. The van der Waals surface area contributed by atoms with Gasteiger partial charge < -0.3 is 14.4 Å². The molecule has 3 aromatic carbocycles. The molecule has 3 rings (SSSR count). The summed E-state index contributed by atoms with van der Waals surface area (Å²) < 4.78 is 11.5. The molecule has 3 heteroatoms. The Bertz CT molecular complexity index is 1070. The summed E-state index contributed by atoms with van der Waals surface area (Å²) in [5, 5.41) is 0. The molecular weight excluding hydrogens is 382 g/mol. The number of ether oxygens (including phenoxy) is 2. The first kappa shape index (κ1) is 22.5. The summed E-state index contributed by atoms with van der Waals surface area (Å²) in [7, 11) is 5.81. The van der Waals surface area contributed by atoms with Crippen LogP contribution < -0.4 is 14.4 Å². The van der Waals surface area contributed by atoms with Crippen LogP contribution in [0.1, 0.15) is 25.0 Å². The van der Waals surface area contributed by atoms with Crippen LogP contribution >= 0.6 is 0 Å². The summed E-state index contributed by atoms with van der Waals surface area (Å²) in [4.78, 5) is 2.12. The van der Waals surface area contributed by atoms with E-state index < -0.39 is 0 Å². The van der Waals surface area contributed by atoms with Crippen molar-refractivity contribution in [2.45, 2.75) is 27.7 Å². The van der Waals surface area contributed by atoms with Gasteiger partial charge in [-0.15, -0.1) is 0 Å². The van der Waals surface area contributed by atoms with E-state index in [9.17, 15) is 0 Å². The predicted octanol–water partition coefficient (Wildman–Crippen LogP) is 7.06. The van der Waals surface area contributed by atoms with Gasteiger partial charge in [-0.2, -0.15) is 0 Å². The van der Waals surface area contributed by atoms with Crippen molar-refractivity contribution in [1.29, 1.82) is 0 Å². The van der Waals surface area contributed by atoms with Crippen LogP contribution in [-0.4, -0.2) is 27.8 Å². The van der Waals surface area contributed by atoms with Crippen LogP contribution in [0.3, 0.4) is 0 Å². The second kappa shape index (κ2) is 9.74. The summed E-state index contributed by atoms with van der Waals surface area (Å²) in [5.41, 5.74) is 9.76. The minimum absolute atomic E-state index is 0.539. The third kappa shape index (κ3) is 5.29. The first-order chi connectivity index (χ1) is 14.8. The first-order valence-electron chi connectivity index (χ1n) is 10.6.